The number of aliphatic hydroxyl groups excluding tert-OH is 5. The first-order valence-electron chi connectivity index (χ1n) is 22.8. The lowest BCUT2D eigenvalue weighted by atomic mass is 9.99. The lowest BCUT2D eigenvalue weighted by molar-refractivity contribution is -0.134. The number of tetrazole rings is 1. The number of hydrogen-bond donors (Lipinski definition) is 13. The van der Waals surface area contributed by atoms with Crippen LogP contribution in [-0.2, 0) is 22.4 Å². The highest BCUT2D eigenvalue weighted by Gasteiger charge is 2.30. The zero-order valence-electron chi connectivity index (χ0n) is 39.2. The van der Waals surface area contributed by atoms with Gasteiger partial charge in [-0.15, -0.1) is 5.10 Å². The highest BCUT2D eigenvalue weighted by atomic mass is 35.5. The summed E-state index contributed by atoms with van der Waals surface area (Å²) < 4.78 is 5.33. The number of aliphatic hydroxyl groups is 5. The summed E-state index contributed by atoms with van der Waals surface area (Å²) >= 11 is 5.85. The molecule has 69 heavy (non-hydrogen) atoms. The number of H-pyrrole nitrogens is 1. The number of alkyl carbamates (subject to hydrolysis) is 1. The van der Waals surface area contributed by atoms with Gasteiger partial charge >= 0.3 is 6.09 Å². The summed E-state index contributed by atoms with van der Waals surface area (Å²) in [6.07, 6.45) is -1.85. The normalized spacial score (nSPS) is 13.7. The van der Waals surface area contributed by atoms with Crippen molar-refractivity contribution in [2.24, 2.45) is 0 Å². The largest absolute Gasteiger partial charge is 0.444 e. The van der Waals surface area contributed by atoms with Gasteiger partial charge in [-0.25, -0.2) is 19.9 Å². The number of ether oxygens (including phenoxy) is 1. The van der Waals surface area contributed by atoms with Crippen LogP contribution in [0.1, 0.15) is 99.2 Å². The standard InChI is InChI=1S/C45H67ClN14O9/c1-45(2,3)69-44(68)52-23-7-5-10-31(41-56-58-59-57-41)60(24-8-21-50-25-32(62)36(65)37(66)33(63)26-61)34(64)20-15-28-13-18-30(19-14-28)29-16-11-27(12-17-29)9-4-6-22-51-43(49)55-42(67)35-39(47)54-40(48)38(46)53-35/h11-14,16-19,31-33,36-37,50,61-63,65-66H,4-10,15,20-26H2,1-3H3,(H,52,68)(H4,47,48,54)(H3,49,51,55,67)(H,56,57,58,59)/t31-,32-,33+,36+,37+/m0/s1. The second-order valence-corrected chi connectivity index (χ2v) is 17.8. The van der Waals surface area contributed by atoms with Crippen LogP contribution >= 0.6 is 11.6 Å². The first-order valence-corrected chi connectivity index (χ1v) is 23.2. The van der Waals surface area contributed by atoms with E-state index in [2.05, 4.69) is 76.1 Å². The third-order valence-corrected chi connectivity index (χ3v) is 11.1. The van der Waals surface area contributed by atoms with Crippen molar-refractivity contribution >= 4 is 47.1 Å². The molecule has 0 radical (unpaired) electrons. The van der Waals surface area contributed by atoms with Crippen LogP contribution in [0.25, 0.3) is 11.1 Å². The van der Waals surface area contributed by atoms with Crippen molar-refractivity contribution in [3.8, 4) is 11.1 Å². The number of anilines is 2. The predicted molar refractivity (Wildman–Crippen MR) is 258 cm³/mol. The lowest BCUT2D eigenvalue weighted by Gasteiger charge is -2.31. The maximum atomic E-state index is 14.1. The van der Waals surface area contributed by atoms with Gasteiger partial charge in [-0.2, -0.15) is 0 Å². The minimum absolute atomic E-state index is 0.0971. The van der Waals surface area contributed by atoms with Crippen LogP contribution in [-0.4, -0.2) is 154 Å². The Morgan fingerprint density at radius 3 is 2.07 bits per heavy atom. The Kier molecular flexibility index (Phi) is 22.4. The van der Waals surface area contributed by atoms with Gasteiger partial charge in [0.05, 0.1) is 18.8 Å². The van der Waals surface area contributed by atoms with E-state index in [1.165, 1.54) is 0 Å². The number of aryl methyl sites for hydroxylation is 2. The molecule has 2 aromatic heterocycles. The Hall–Kier alpha value is -6.08. The van der Waals surface area contributed by atoms with Gasteiger partial charge < -0.3 is 62.6 Å². The van der Waals surface area contributed by atoms with E-state index < -0.39 is 54.7 Å². The molecule has 2 heterocycles. The molecule has 0 aliphatic rings. The number of unbranched alkanes of at least 4 members (excludes halogenated alkanes) is 2. The number of guanidine groups is 1. The van der Waals surface area contributed by atoms with Crippen LogP contribution in [0.2, 0.25) is 5.15 Å². The second-order valence-electron chi connectivity index (χ2n) is 17.4. The van der Waals surface area contributed by atoms with Gasteiger partial charge in [-0.3, -0.25) is 20.3 Å². The zero-order valence-corrected chi connectivity index (χ0v) is 40.0. The molecular formula is C45H67ClN14O9. The van der Waals surface area contributed by atoms with E-state index in [4.69, 9.17) is 38.3 Å². The number of nitrogens with zero attached hydrogens (tertiary/aromatic N) is 6. The number of amides is 3. The monoisotopic (exact) mass is 982 g/mol. The summed E-state index contributed by atoms with van der Waals surface area (Å²) in [6.45, 7) is 5.86. The van der Waals surface area contributed by atoms with E-state index >= 15 is 0 Å². The maximum Gasteiger partial charge on any atom is 0.407 e. The predicted octanol–water partition coefficient (Wildman–Crippen LogP) is 1.36. The zero-order chi connectivity index (χ0) is 50.5. The Labute approximate surface area is 405 Å². The quantitative estimate of drug-likeness (QED) is 0.0228. The van der Waals surface area contributed by atoms with Crippen LogP contribution in [0.15, 0.2) is 48.5 Å². The van der Waals surface area contributed by atoms with Crippen molar-refractivity contribution in [3.63, 3.8) is 0 Å². The van der Waals surface area contributed by atoms with Gasteiger partial charge in [0.25, 0.3) is 5.91 Å². The molecular weight excluding hydrogens is 916 g/mol. The summed E-state index contributed by atoms with van der Waals surface area (Å²) in [6, 6.07) is 15.8. The molecule has 3 amide bonds. The van der Waals surface area contributed by atoms with Crippen LogP contribution < -0.4 is 32.7 Å². The van der Waals surface area contributed by atoms with Gasteiger partial charge in [0.2, 0.25) is 5.91 Å². The highest BCUT2D eigenvalue weighted by molar-refractivity contribution is 6.31. The van der Waals surface area contributed by atoms with Crippen molar-refractivity contribution in [3.05, 3.63) is 76.3 Å². The molecule has 15 N–H and O–H groups in total. The SMILES string of the molecule is CC(C)(C)OC(=O)NCCCC[C@@H](c1nnn[nH]1)N(CCCNC[C@H](O)[C@@H](O)[C@H](O)[C@H](O)CO)C(=O)CCc1ccc(-c2ccc(CCCCNC(=N)NC(=O)c3nc(Cl)c(N)nc3N)cc2)cc1. The van der Waals surface area contributed by atoms with Crippen LogP contribution in [0.3, 0.4) is 0 Å². The fraction of sp³-hybridized carbons (Fsp3) is 0.533. The van der Waals surface area contributed by atoms with Crippen LogP contribution in [0, 0.1) is 5.41 Å². The first kappa shape index (κ1) is 55.5. The van der Waals surface area contributed by atoms with E-state index in [-0.39, 0.29) is 53.9 Å². The Morgan fingerprint density at radius 2 is 1.45 bits per heavy atom. The number of carbonyl (C=O) groups excluding carboxylic acids is 3. The van der Waals surface area contributed by atoms with Gasteiger partial charge in [-0.1, -0.05) is 60.1 Å². The number of nitrogens with two attached hydrogens (primary N) is 2. The summed E-state index contributed by atoms with van der Waals surface area (Å²) in [5.41, 5.74) is 14.6. The van der Waals surface area contributed by atoms with E-state index in [0.717, 1.165) is 41.5 Å². The van der Waals surface area contributed by atoms with Gasteiger partial charge in [0.1, 0.15) is 23.9 Å². The van der Waals surface area contributed by atoms with Gasteiger partial charge in [-0.05, 0) is 111 Å². The Bertz CT molecular complexity index is 2220. The fourth-order valence-electron chi connectivity index (χ4n) is 7.09. The maximum absolute atomic E-state index is 14.1. The third-order valence-electron chi connectivity index (χ3n) is 10.8. The molecule has 0 aliphatic heterocycles. The molecule has 0 saturated carbocycles. The highest BCUT2D eigenvalue weighted by Crippen LogP contribution is 2.26. The number of hydrogen-bond acceptors (Lipinski definition) is 18. The van der Waals surface area contributed by atoms with E-state index in [9.17, 15) is 34.8 Å². The molecule has 0 fully saturated rings. The number of halogens is 1. The number of nitrogen functional groups attached to an aromatic ring is 2. The molecule has 0 spiro atoms. The molecule has 0 bridgehead atoms. The molecule has 378 valence electrons. The van der Waals surface area contributed by atoms with E-state index in [0.29, 0.717) is 57.6 Å². The topological polar surface area (TPSA) is 369 Å². The van der Waals surface area contributed by atoms with Gasteiger partial charge in [0.15, 0.2) is 34.3 Å². The van der Waals surface area contributed by atoms with Crippen molar-refractivity contribution in [1.82, 2.24) is 56.8 Å². The Balaban J connectivity index is 1.29. The molecule has 0 aliphatic carbocycles. The van der Waals surface area contributed by atoms with Crippen molar-refractivity contribution < 1.29 is 44.7 Å². The number of nitrogens with one attached hydrogen (secondary N) is 6. The number of benzene rings is 2. The minimum atomic E-state index is -1.74. The molecule has 24 heteroatoms. The minimum Gasteiger partial charge on any atom is -0.444 e. The fourth-order valence-corrected chi connectivity index (χ4v) is 7.22. The number of carbonyl (C=O) groups is 3. The average Bonchev–Trinajstić information content (AvgIpc) is 3.86. The smallest absolute Gasteiger partial charge is 0.407 e. The molecule has 4 aromatic rings. The first-order chi connectivity index (χ1) is 32.9. The summed E-state index contributed by atoms with van der Waals surface area (Å²) in [5.74, 6) is -0.964. The molecule has 5 atom stereocenters. The van der Waals surface area contributed by atoms with E-state index in [1.54, 1.807) is 25.7 Å². The molecule has 4 rings (SSSR count). The van der Waals surface area contributed by atoms with E-state index in [1.807, 2.05) is 24.3 Å². The van der Waals surface area contributed by atoms with Crippen LogP contribution in [0.5, 0.6) is 0 Å². The van der Waals surface area contributed by atoms with Gasteiger partial charge in [0, 0.05) is 32.6 Å². The molecule has 23 nitrogen and oxygen atoms in total. The number of aromatic nitrogens is 6. The summed E-state index contributed by atoms with van der Waals surface area (Å²) in [7, 11) is 0. The molecule has 0 unspecified atom stereocenters. The van der Waals surface area contributed by atoms with Crippen LogP contribution in [0.4, 0.5) is 16.4 Å². The average molecular weight is 984 g/mol. The van der Waals surface area contributed by atoms with Crippen molar-refractivity contribution in [1.29, 1.82) is 5.41 Å². The third kappa shape index (κ3) is 18.7. The molecule has 2 aromatic carbocycles. The van der Waals surface area contributed by atoms with Crippen molar-refractivity contribution in [2.45, 2.75) is 115 Å². The van der Waals surface area contributed by atoms with Crippen molar-refractivity contribution in [2.75, 3.05) is 50.8 Å². The second kappa shape index (κ2) is 27.8. The summed E-state index contributed by atoms with van der Waals surface area (Å²) in [5, 5.41) is 82.5. The Morgan fingerprint density at radius 1 is 0.826 bits per heavy atom. The lowest BCUT2D eigenvalue weighted by Crippen LogP contribution is -2.49. The number of aromatic amines is 1. The summed E-state index contributed by atoms with van der Waals surface area (Å²) in [4.78, 5) is 48.1. The molecule has 0 saturated heterocycles. The number of rotatable bonds is 27.